The fourth-order valence-corrected chi connectivity index (χ4v) is 2.79. The number of pyridine rings is 1. The van der Waals surface area contributed by atoms with Crippen molar-refractivity contribution >= 4 is 34.3 Å². The van der Waals surface area contributed by atoms with Crippen molar-refractivity contribution in [1.29, 1.82) is 0 Å². The summed E-state index contributed by atoms with van der Waals surface area (Å²) in [6.45, 7) is -4.11. The summed E-state index contributed by atoms with van der Waals surface area (Å²) < 4.78 is 84.7. The van der Waals surface area contributed by atoms with E-state index in [1.807, 2.05) is 0 Å². The topological polar surface area (TPSA) is 87.0 Å². The highest BCUT2D eigenvalue weighted by Crippen LogP contribution is 2.28. The molecule has 0 amide bonds. The Kier molecular flexibility index (Phi) is 7.36. The number of nitrogens with zero attached hydrogens (tertiary/aromatic N) is 5. The van der Waals surface area contributed by atoms with Crippen molar-refractivity contribution in [3.05, 3.63) is 35.4 Å². The van der Waals surface area contributed by atoms with Gasteiger partial charge in [-0.3, -0.25) is 4.68 Å². The van der Waals surface area contributed by atoms with E-state index in [-0.39, 0.29) is 41.0 Å². The number of nitrogens with one attached hydrogen (secondary N) is 1. The van der Waals surface area contributed by atoms with E-state index in [9.17, 15) is 26.3 Å². The summed E-state index contributed by atoms with van der Waals surface area (Å²) in [5.41, 5.74) is 0.246. The number of anilines is 2. The quantitative estimate of drug-likeness (QED) is 0.276. The van der Waals surface area contributed by atoms with Gasteiger partial charge in [-0.1, -0.05) is 6.07 Å². The van der Waals surface area contributed by atoms with Gasteiger partial charge in [0.25, 0.3) is 0 Å². The highest BCUT2D eigenvalue weighted by Gasteiger charge is 2.29. The zero-order chi connectivity index (χ0) is 23.4. The van der Waals surface area contributed by atoms with Gasteiger partial charge >= 0.3 is 12.4 Å². The maximum atomic E-state index is 12.4. The maximum Gasteiger partial charge on any atom is 0.411 e. The second-order valence-corrected chi connectivity index (χ2v) is 6.66. The Labute approximate surface area is 181 Å². The van der Waals surface area contributed by atoms with Crippen LogP contribution in [0, 0.1) is 0 Å². The van der Waals surface area contributed by atoms with Crippen molar-refractivity contribution in [2.24, 2.45) is 0 Å². The van der Waals surface area contributed by atoms with Crippen LogP contribution in [0.15, 0.2) is 24.4 Å². The summed E-state index contributed by atoms with van der Waals surface area (Å²) in [7, 11) is 0. The van der Waals surface area contributed by atoms with E-state index in [2.05, 4.69) is 34.8 Å². The molecule has 3 aromatic rings. The molecule has 0 aliphatic carbocycles. The maximum absolute atomic E-state index is 12.4. The first kappa shape index (κ1) is 23.9. The largest absolute Gasteiger partial charge is 0.411 e. The van der Waals surface area contributed by atoms with Crippen LogP contribution in [0.2, 0.25) is 5.28 Å². The van der Waals surface area contributed by atoms with Crippen molar-refractivity contribution in [3.63, 3.8) is 0 Å². The van der Waals surface area contributed by atoms with Crippen LogP contribution in [0.3, 0.4) is 0 Å². The Morgan fingerprint density at radius 2 is 1.72 bits per heavy atom. The molecule has 0 atom stereocenters. The Bertz CT molecular complexity index is 1040. The van der Waals surface area contributed by atoms with E-state index in [4.69, 9.17) is 11.6 Å². The molecule has 0 aromatic carbocycles. The number of halogens is 7. The van der Waals surface area contributed by atoms with Gasteiger partial charge in [-0.25, -0.2) is 9.97 Å². The van der Waals surface area contributed by atoms with E-state index in [0.29, 0.717) is 5.82 Å². The average molecular weight is 485 g/mol. The van der Waals surface area contributed by atoms with Crippen molar-refractivity contribution < 1.29 is 35.8 Å². The molecular formula is C17H15ClF6N6O2. The Morgan fingerprint density at radius 1 is 1.00 bits per heavy atom. The molecule has 0 spiro atoms. The minimum Gasteiger partial charge on any atom is -0.370 e. The first-order chi connectivity index (χ1) is 15.0. The molecule has 0 bridgehead atoms. The number of aromatic nitrogens is 5. The number of fused-ring (bicyclic) bond motifs is 1. The normalized spacial score (nSPS) is 12.5. The number of ether oxygens (including phenoxy) is 2. The standard InChI is InChI=1S/C17H15ClF6N6O2/c18-15-27-12-10(7-32-9-17(22,23)24)29-30(5-6-31-8-16(19,20)21)13(12)14(28-15)26-11-3-1-2-4-25-11/h1-4H,5-9H2,(H,25,26,27,28). The van der Waals surface area contributed by atoms with E-state index in [0.717, 1.165) is 0 Å². The minimum absolute atomic E-state index is 0.00607. The van der Waals surface area contributed by atoms with Gasteiger partial charge < -0.3 is 14.8 Å². The molecule has 1 N–H and O–H groups in total. The third-order valence-electron chi connectivity index (χ3n) is 3.76. The Hall–Kier alpha value is -2.71. The van der Waals surface area contributed by atoms with Crippen LogP contribution in [0.1, 0.15) is 5.69 Å². The highest BCUT2D eigenvalue weighted by molar-refractivity contribution is 6.28. The summed E-state index contributed by atoms with van der Waals surface area (Å²) >= 11 is 5.96. The monoisotopic (exact) mass is 484 g/mol. The lowest BCUT2D eigenvalue weighted by atomic mass is 10.3. The molecule has 0 aliphatic rings. The van der Waals surface area contributed by atoms with Crippen LogP contribution in [0.5, 0.6) is 0 Å². The predicted octanol–water partition coefficient (Wildman–Crippen LogP) is 4.28. The average Bonchev–Trinajstić information content (AvgIpc) is 3.02. The fraction of sp³-hybridized carbons (Fsp3) is 0.412. The lowest BCUT2D eigenvalue weighted by molar-refractivity contribution is -0.177. The number of rotatable bonds is 9. The predicted molar refractivity (Wildman–Crippen MR) is 100 cm³/mol. The lowest BCUT2D eigenvalue weighted by Gasteiger charge is -2.10. The third kappa shape index (κ3) is 6.90. The van der Waals surface area contributed by atoms with Gasteiger partial charge in [0.05, 0.1) is 19.8 Å². The van der Waals surface area contributed by atoms with E-state index in [1.165, 1.54) is 10.9 Å². The molecule has 0 unspecified atom stereocenters. The molecule has 3 aromatic heterocycles. The molecule has 0 saturated carbocycles. The van der Waals surface area contributed by atoms with E-state index >= 15 is 0 Å². The SMILES string of the molecule is FC(F)(F)COCCn1nc(COCC(F)(F)F)c2nc(Cl)nc(Nc3ccccn3)c21. The molecule has 174 valence electrons. The Morgan fingerprint density at radius 3 is 2.38 bits per heavy atom. The van der Waals surface area contributed by atoms with Gasteiger partial charge in [-0.05, 0) is 23.7 Å². The van der Waals surface area contributed by atoms with Crippen LogP contribution in [-0.2, 0) is 22.6 Å². The number of alkyl halides is 6. The van der Waals surface area contributed by atoms with Gasteiger partial charge in [0.15, 0.2) is 5.82 Å². The second kappa shape index (κ2) is 9.83. The van der Waals surface area contributed by atoms with Crippen molar-refractivity contribution in [3.8, 4) is 0 Å². The fourth-order valence-electron chi connectivity index (χ4n) is 2.62. The molecule has 0 fully saturated rings. The van der Waals surface area contributed by atoms with Crippen molar-refractivity contribution in [1.82, 2.24) is 24.7 Å². The van der Waals surface area contributed by atoms with E-state index in [1.54, 1.807) is 18.2 Å². The van der Waals surface area contributed by atoms with E-state index < -0.39 is 32.2 Å². The number of hydrogen-bond donors (Lipinski definition) is 1. The van der Waals surface area contributed by atoms with Crippen LogP contribution >= 0.6 is 11.6 Å². The van der Waals surface area contributed by atoms with Gasteiger partial charge in [0.2, 0.25) is 5.28 Å². The third-order valence-corrected chi connectivity index (χ3v) is 3.93. The first-order valence-electron chi connectivity index (χ1n) is 8.92. The molecule has 0 radical (unpaired) electrons. The second-order valence-electron chi connectivity index (χ2n) is 6.32. The summed E-state index contributed by atoms with van der Waals surface area (Å²) in [5, 5.41) is 6.78. The zero-order valence-corrected chi connectivity index (χ0v) is 16.8. The smallest absolute Gasteiger partial charge is 0.370 e. The lowest BCUT2D eigenvalue weighted by Crippen LogP contribution is -2.19. The molecule has 3 heterocycles. The van der Waals surface area contributed by atoms with Gasteiger partial charge in [-0.15, -0.1) is 0 Å². The molecule has 32 heavy (non-hydrogen) atoms. The van der Waals surface area contributed by atoms with Gasteiger partial charge in [-0.2, -0.15) is 36.4 Å². The Balaban J connectivity index is 1.92. The highest BCUT2D eigenvalue weighted by atomic mass is 35.5. The molecule has 8 nitrogen and oxygen atoms in total. The molecule has 15 heteroatoms. The van der Waals surface area contributed by atoms with Crippen molar-refractivity contribution in [2.45, 2.75) is 25.5 Å². The summed E-state index contributed by atoms with van der Waals surface area (Å²) in [6, 6.07) is 4.97. The zero-order valence-electron chi connectivity index (χ0n) is 16.0. The van der Waals surface area contributed by atoms with Gasteiger partial charge in [0.1, 0.15) is 35.8 Å². The first-order valence-corrected chi connectivity index (χ1v) is 9.29. The van der Waals surface area contributed by atoms with Crippen LogP contribution in [0.25, 0.3) is 11.0 Å². The van der Waals surface area contributed by atoms with Crippen LogP contribution in [-0.4, -0.2) is 56.9 Å². The molecule has 3 rings (SSSR count). The molecule has 0 saturated heterocycles. The summed E-state index contributed by atoms with van der Waals surface area (Å²) in [5.74, 6) is 0.462. The van der Waals surface area contributed by atoms with Crippen molar-refractivity contribution in [2.75, 3.05) is 25.1 Å². The van der Waals surface area contributed by atoms with Gasteiger partial charge in [0, 0.05) is 6.20 Å². The molecule has 0 aliphatic heterocycles. The van der Waals surface area contributed by atoms with Crippen LogP contribution < -0.4 is 5.32 Å². The number of hydrogen-bond acceptors (Lipinski definition) is 7. The summed E-state index contributed by atoms with van der Waals surface area (Å²) in [6.07, 6.45) is -7.56. The van der Waals surface area contributed by atoms with Crippen LogP contribution in [0.4, 0.5) is 38.0 Å². The minimum atomic E-state index is -4.55. The summed E-state index contributed by atoms with van der Waals surface area (Å²) in [4.78, 5) is 12.2. The molecular weight excluding hydrogens is 470 g/mol.